The van der Waals surface area contributed by atoms with E-state index in [4.69, 9.17) is 10.5 Å². The lowest BCUT2D eigenvalue weighted by Crippen LogP contribution is -2.38. The number of hydrogen-bond donors (Lipinski definition) is 2. The molecule has 1 saturated heterocycles. The molecule has 3 N–H and O–H groups in total. The Balaban J connectivity index is 1.53. The second-order valence-corrected chi connectivity index (χ2v) is 8.31. The van der Waals surface area contributed by atoms with Gasteiger partial charge >= 0.3 is 6.18 Å². The molecule has 12 heteroatoms. The summed E-state index contributed by atoms with van der Waals surface area (Å²) in [6.45, 7) is 4.93. The van der Waals surface area contributed by atoms with E-state index >= 15 is 0 Å². The Kier molecular flexibility index (Phi) is 6.53. The van der Waals surface area contributed by atoms with Gasteiger partial charge in [-0.3, -0.25) is 9.69 Å². The summed E-state index contributed by atoms with van der Waals surface area (Å²) in [6.07, 6.45) is -3.69. The first-order chi connectivity index (χ1) is 15.3. The molecule has 8 nitrogen and oxygen atoms in total. The molecular formula is C20H21F3N6O2S. The van der Waals surface area contributed by atoms with Crippen LogP contribution in [-0.2, 0) is 15.7 Å². The molecule has 32 heavy (non-hydrogen) atoms. The van der Waals surface area contributed by atoms with Crippen LogP contribution in [-0.4, -0.2) is 65.2 Å². The van der Waals surface area contributed by atoms with Crippen LogP contribution in [0.25, 0.3) is 10.2 Å². The number of fused-ring (bicyclic) bond motifs is 1. The molecule has 170 valence electrons. The van der Waals surface area contributed by atoms with Gasteiger partial charge in [-0.15, -0.1) is 11.3 Å². The minimum absolute atomic E-state index is 0.247. The highest BCUT2D eigenvalue weighted by Crippen LogP contribution is 2.33. The Morgan fingerprint density at radius 1 is 1.25 bits per heavy atom. The average Bonchev–Trinajstić information content (AvgIpc) is 3.16. The molecule has 0 radical (unpaired) electrons. The predicted molar refractivity (Wildman–Crippen MR) is 113 cm³/mol. The Bertz CT molecular complexity index is 1100. The number of benzene rings is 1. The molecule has 0 aliphatic carbocycles. The van der Waals surface area contributed by atoms with Crippen molar-refractivity contribution < 1.29 is 22.7 Å². The van der Waals surface area contributed by atoms with Gasteiger partial charge < -0.3 is 15.8 Å². The van der Waals surface area contributed by atoms with Crippen LogP contribution in [0.1, 0.15) is 22.4 Å². The highest BCUT2D eigenvalue weighted by atomic mass is 32.1. The molecule has 1 aliphatic rings. The van der Waals surface area contributed by atoms with Gasteiger partial charge in [0.05, 0.1) is 23.4 Å². The van der Waals surface area contributed by atoms with E-state index in [-0.39, 0.29) is 10.8 Å². The molecule has 3 aromatic rings. The molecule has 1 aromatic carbocycles. The molecule has 1 atom stereocenters. The second kappa shape index (κ2) is 9.35. The molecule has 1 unspecified atom stereocenters. The van der Waals surface area contributed by atoms with Gasteiger partial charge in [0.1, 0.15) is 22.4 Å². The largest absolute Gasteiger partial charge is 0.433 e. The smallest absolute Gasteiger partial charge is 0.384 e. The third kappa shape index (κ3) is 5.14. The number of nitrogens with one attached hydrogen (secondary N) is 1. The fourth-order valence-corrected chi connectivity index (χ4v) is 4.50. The lowest BCUT2D eigenvalue weighted by atomic mass is 10.1. The lowest BCUT2D eigenvalue weighted by Gasteiger charge is -2.26. The second-order valence-electron chi connectivity index (χ2n) is 7.25. The van der Waals surface area contributed by atoms with Crippen molar-refractivity contribution in [3.05, 3.63) is 47.0 Å². The summed E-state index contributed by atoms with van der Waals surface area (Å²) in [5, 5.41) is 3.60. The first kappa shape index (κ1) is 22.4. The fourth-order valence-electron chi connectivity index (χ4n) is 3.39. The summed E-state index contributed by atoms with van der Waals surface area (Å²) in [6, 6.07) is 6.29. The molecular weight excluding hydrogens is 445 g/mol. The molecule has 1 aliphatic heterocycles. The fraction of sp³-hybridized carbons (Fsp3) is 0.400. The predicted octanol–water partition coefficient (Wildman–Crippen LogP) is 2.47. The van der Waals surface area contributed by atoms with E-state index in [0.29, 0.717) is 5.52 Å². The third-order valence-corrected chi connectivity index (χ3v) is 6.10. The quantitative estimate of drug-likeness (QED) is 0.551. The number of anilines is 1. The summed E-state index contributed by atoms with van der Waals surface area (Å²) in [5.74, 6) is -2.46. The van der Waals surface area contributed by atoms with Crippen molar-refractivity contribution in [3.8, 4) is 0 Å². The number of ether oxygens (including phenoxy) is 1. The van der Waals surface area contributed by atoms with Crippen molar-refractivity contribution in [2.45, 2.75) is 12.1 Å². The van der Waals surface area contributed by atoms with E-state index in [1.54, 1.807) is 6.07 Å². The minimum Gasteiger partial charge on any atom is -0.384 e. The number of carbonyl (C=O) groups excluding carboxylic acids is 1. The topological polar surface area (TPSA) is 106 Å². The Labute approximate surface area is 185 Å². The molecule has 4 rings (SSSR count). The number of carbonyl (C=O) groups is 1. The number of halogens is 3. The first-order valence-corrected chi connectivity index (χ1v) is 10.8. The highest BCUT2D eigenvalue weighted by Gasteiger charge is 2.35. The molecule has 2 aromatic heterocycles. The van der Waals surface area contributed by atoms with Crippen molar-refractivity contribution >= 4 is 33.1 Å². The molecule has 0 bridgehead atoms. The Morgan fingerprint density at radius 3 is 2.75 bits per heavy atom. The third-order valence-electron chi connectivity index (χ3n) is 5.02. The molecule has 3 heterocycles. The van der Waals surface area contributed by atoms with Crippen LogP contribution in [0, 0.1) is 0 Å². The van der Waals surface area contributed by atoms with Crippen LogP contribution in [0.2, 0.25) is 0 Å². The Hall–Kier alpha value is -2.83. The van der Waals surface area contributed by atoms with Crippen molar-refractivity contribution in [2.75, 3.05) is 44.7 Å². The van der Waals surface area contributed by atoms with Crippen LogP contribution >= 0.6 is 11.3 Å². The zero-order valence-electron chi connectivity index (χ0n) is 16.9. The van der Waals surface area contributed by atoms with E-state index in [1.165, 1.54) is 11.3 Å². The van der Waals surface area contributed by atoms with Crippen molar-refractivity contribution in [2.24, 2.45) is 5.73 Å². The summed E-state index contributed by atoms with van der Waals surface area (Å²) in [4.78, 5) is 26.2. The maximum atomic E-state index is 13.0. The zero-order valence-corrected chi connectivity index (χ0v) is 17.7. The normalized spacial score (nSPS) is 16.2. The van der Waals surface area contributed by atoms with Crippen molar-refractivity contribution in [3.63, 3.8) is 0 Å². The maximum Gasteiger partial charge on any atom is 0.433 e. The molecule has 1 amide bonds. The van der Waals surface area contributed by atoms with Crippen LogP contribution in [0.3, 0.4) is 0 Å². The molecule has 1 fully saturated rings. The van der Waals surface area contributed by atoms with Crippen molar-refractivity contribution in [1.29, 1.82) is 0 Å². The number of hydrogen-bond acceptors (Lipinski definition) is 8. The van der Waals surface area contributed by atoms with Crippen LogP contribution < -0.4 is 11.1 Å². The van der Waals surface area contributed by atoms with Gasteiger partial charge in [-0.2, -0.15) is 13.2 Å². The zero-order chi connectivity index (χ0) is 22.7. The number of amides is 1. The standard InChI is InChI=1S/C20H21F3N6O2S/c21-20(22,23)15-3-4-26-18(28-15)16(17(24)30)19-27-13-2-1-12(11-14(13)32-19)25-5-6-29-7-9-31-10-8-29/h1-4,11,16,25H,5-10H2,(H2,24,30). The van der Waals surface area contributed by atoms with Gasteiger partial charge in [0, 0.05) is 38.1 Å². The highest BCUT2D eigenvalue weighted by molar-refractivity contribution is 7.18. The number of alkyl halides is 3. The van der Waals surface area contributed by atoms with Crippen molar-refractivity contribution in [1.82, 2.24) is 19.9 Å². The van der Waals surface area contributed by atoms with Gasteiger partial charge in [0.25, 0.3) is 0 Å². The lowest BCUT2D eigenvalue weighted by molar-refractivity contribution is -0.141. The van der Waals surface area contributed by atoms with Gasteiger partial charge in [0.2, 0.25) is 5.91 Å². The summed E-state index contributed by atoms with van der Waals surface area (Å²) in [7, 11) is 0. The van der Waals surface area contributed by atoms with E-state index < -0.39 is 23.7 Å². The SMILES string of the molecule is NC(=O)C(c1nccc(C(F)(F)F)n1)c1nc2ccc(NCCN3CCOCC3)cc2s1. The van der Waals surface area contributed by atoms with Gasteiger partial charge in [0.15, 0.2) is 0 Å². The van der Waals surface area contributed by atoms with E-state index in [9.17, 15) is 18.0 Å². The average molecular weight is 466 g/mol. The number of nitrogens with two attached hydrogens (primary N) is 1. The van der Waals surface area contributed by atoms with E-state index in [1.807, 2.05) is 12.1 Å². The monoisotopic (exact) mass is 466 g/mol. The summed E-state index contributed by atoms with van der Waals surface area (Å²) < 4.78 is 45.2. The van der Waals surface area contributed by atoms with Gasteiger partial charge in [-0.1, -0.05) is 0 Å². The van der Waals surface area contributed by atoms with Gasteiger partial charge in [-0.25, -0.2) is 15.0 Å². The minimum atomic E-state index is -4.66. The van der Waals surface area contributed by atoms with Crippen LogP contribution in [0.5, 0.6) is 0 Å². The number of nitrogens with zero attached hydrogens (tertiary/aromatic N) is 4. The summed E-state index contributed by atoms with van der Waals surface area (Å²) >= 11 is 1.18. The van der Waals surface area contributed by atoms with Gasteiger partial charge in [-0.05, 0) is 24.3 Å². The number of aromatic nitrogens is 3. The molecule has 0 saturated carbocycles. The Morgan fingerprint density at radius 2 is 2.03 bits per heavy atom. The molecule has 0 spiro atoms. The maximum absolute atomic E-state index is 13.0. The van der Waals surface area contributed by atoms with Crippen LogP contribution in [0.15, 0.2) is 30.5 Å². The number of rotatable bonds is 7. The summed E-state index contributed by atoms with van der Waals surface area (Å²) in [5.41, 5.74) is 5.85. The van der Waals surface area contributed by atoms with Crippen LogP contribution in [0.4, 0.5) is 18.9 Å². The number of thiazole rings is 1. The number of morpholine rings is 1. The first-order valence-electron chi connectivity index (χ1n) is 9.95. The van der Waals surface area contributed by atoms with E-state index in [2.05, 4.69) is 25.2 Å². The number of primary amides is 1. The van der Waals surface area contributed by atoms with E-state index in [0.717, 1.165) is 62.0 Å².